The van der Waals surface area contributed by atoms with Gasteiger partial charge in [0.15, 0.2) is 0 Å². The van der Waals surface area contributed by atoms with E-state index in [1.807, 2.05) is 12.2 Å². The number of carbonyl (C=O) groups is 4. The number of amides is 3. The maximum absolute atomic E-state index is 14.0. The molecule has 43 heavy (non-hydrogen) atoms. The van der Waals surface area contributed by atoms with Gasteiger partial charge in [0.05, 0.1) is 16.8 Å². The summed E-state index contributed by atoms with van der Waals surface area (Å²) >= 11 is 1.15. The molecule has 0 unspecified atom stereocenters. The molecular weight excluding hydrogens is 579 g/mol. The number of halogens is 1. The number of ether oxygens (including phenoxy) is 2. The highest BCUT2D eigenvalue weighted by atomic mass is 32.1. The molecule has 1 aromatic carbocycles. The molecule has 3 N–H and O–H groups in total. The number of carboxylic acid groups (broad SMARTS) is 1. The van der Waals surface area contributed by atoms with Crippen molar-refractivity contribution in [3.05, 3.63) is 36.2 Å². The van der Waals surface area contributed by atoms with Gasteiger partial charge in [0, 0.05) is 12.3 Å². The molecule has 1 saturated carbocycles. The smallest absolute Gasteiger partial charge is 0.408 e. The van der Waals surface area contributed by atoms with Crippen molar-refractivity contribution in [1.29, 1.82) is 0 Å². The molecule has 0 spiro atoms. The summed E-state index contributed by atoms with van der Waals surface area (Å²) in [6, 6.07) is 2.20. The number of hydrogen-bond donors (Lipinski definition) is 3. The molecular formula is C30H37FN4O7S. The number of carbonyl (C=O) groups excluding carboxylic acids is 3. The van der Waals surface area contributed by atoms with Gasteiger partial charge in [-0.1, -0.05) is 36.3 Å². The van der Waals surface area contributed by atoms with Crippen LogP contribution < -0.4 is 15.4 Å². The lowest BCUT2D eigenvalue weighted by molar-refractivity contribution is -0.145. The number of fused-ring (bicyclic) bond motifs is 3. The minimum Gasteiger partial charge on any atom is -0.479 e. The number of alkyl carbamates (subject to hydrolysis) is 1. The molecule has 13 heteroatoms. The second-order valence-corrected chi connectivity index (χ2v) is 13.4. The average molecular weight is 617 g/mol. The van der Waals surface area contributed by atoms with Crippen LogP contribution in [0.3, 0.4) is 0 Å². The Morgan fingerprint density at radius 1 is 1.23 bits per heavy atom. The van der Waals surface area contributed by atoms with E-state index in [4.69, 9.17) is 9.47 Å². The van der Waals surface area contributed by atoms with Crippen molar-refractivity contribution in [1.82, 2.24) is 20.5 Å². The van der Waals surface area contributed by atoms with Crippen LogP contribution in [0.15, 0.2) is 30.4 Å². The molecule has 2 aliphatic heterocycles. The molecule has 3 amide bonds. The predicted octanol–water partition coefficient (Wildman–Crippen LogP) is 4.16. The van der Waals surface area contributed by atoms with Crippen molar-refractivity contribution >= 4 is 45.4 Å². The summed E-state index contributed by atoms with van der Waals surface area (Å²) < 4.78 is 25.8. The highest BCUT2D eigenvalue weighted by Crippen LogP contribution is 2.45. The Kier molecular flexibility index (Phi) is 8.64. The first kappa shape index (κ1) is 30.7. The Balaban J connectivity index is 1.42. The lowest BCUT2D eigenvalue weighted by Crippen LogP contribution is -2.56. The summed E-state index contributed by atoms with van der Waals surface area (Å²) in [5.41, 5.74) is -1.66. The average Bonchev–Trinajstić information content (AvgIpc) is 3.23. The van der Waals surface area contributed by atoms with Crippen LogP contribution in [0, 0.1) is 11.7 Å². The summed E-state index contributed by atoms with van der Waals surface area (Å²) in [6.07, 6.45) is 6.09. The van der Waals surface area contributed by atoms with Crippen molar-refractivity contribution in [2.45, 2.75) is 95.0 Å². The third-order valence-corrected chi connectivity index (χ3v) is 8.82. The summed E-state index contributed by atoms with van der Waals surface area (Å²) in [5.74, 6) is -2.96. The number of aromatic nitrogens is 1. The number of benzene rings is 1. The lowest BCUT2D eigenvalue weighted by atomic mass is 10.0. The molecule has 2 aromatic rings. The lowest BCUT2D eigenvalue weighted by Gasteiger charge is -2.30. The fourth-order valence-electron chi connectivity index (χ4n) is 5.67. The number of nitrogens with one attached hydrogen (secondary N) is 2. The van der Waals surface area contributed by atoms with Crippen LogP contribution in [-0.2, 0) is 19.1 Å². The largest absolute Gasteiger partial charge is 0.479 e. The van der Waals surface area contributed by atoms with Gasteiger partial charge in [-0.25, -0.2) is 19.0 Å². The number of thiazole rings is 1. The van der Waals surface area contributed by atoms with Crippen LogP contribution >= 0.6 is 11.3 Å². The fraction of sp³-hybridized carbons (Fsp3) is 0.567. The van der Waals surface area contributed by atoms with Crippen molar-refractivity contribution in [2.24, 2.45) is 5.92 Å². The second-order valence-electron chi connectivity index (χ2n) is 12.4. The van der Waals surface area contributed by atoms with Gasteiger partial charge in [-0.3, -0.25) is 9.59 Å². The number of hydrogen-bond acceptors (Lipinski definition) is 8. The molecule has 3 heterocycles. The van der Waals surface area contributed by atoms with Crippen LogP contribution in [0.5, 0.6) is 5.19 Å². The molecule has 11 nitrogen and oxygen atoms in total. The molecule has 0 bridgehead atoms. The van der Waals surface area contributed by atoms with Crippen LogP contribution in [0.2, 0.25) is 0 Å². The Morgan fingerprint density at radius 3 is 2.77 bits per heavy atom. The molecule has 232 valence electrons. The summed E-state index contributed by atoms with van der Waals surface area (Å²) in [6.45, 7) is 5.18. The van der Waals surface area contributed by atoms with Crippen LogP contribution in [0.1, 0.15) is 65.7 Å². The summed E-state index contributed by atoms with van der Waals surface area (Å²) in [7, 11) is 0. The molecule has 2 fully saturated rings. The van der Waals surface area contributed by atoms with Crippen LogP contribution in [0.4, 0.5) is 9.18 Å². The normalized spacial score (nSPS) is 28.2. The number of aliphatic carboxylic acids is 1. The number of nitrogens with zero attached hydrogens (tertiary/aromatic N) is 2. The summed E-state index contributed by atoms with van der Waals surface area (Å²) in [4.78, 5) is 58.5. The van der Waals surface area contributed by atoms with Crippen molar-refractivity contribution in [3.63, 3.8) is 0 Å². The highest BCUT2D eigenvalue weighted by Gasteiger charge is 2.61. The maximum atomic E-state index is 14.0. The van der Waals surface area contributed by atoms with Gasteiger partial charge in [0.1, 0.15) is 35.1 Å². The number of allylic oxidation sites excluding steroid dienone is 1. The SMILES string of the molecule is CC(C)(C)OC(=O)N[C@H]1CCCCCC=C[C@@H]2C[C@@]2(C(=O)O)NC(=O)[C@@H]2C[C@@H](Oc3nc4ccc(F)cc4s3)CN2C1=O. The van der Waals surface area contributed by atoms with E-state index in [0.29, 0.717) is 23.1 Å². The molecule has 1 saturated heterocycles. The van der Waals surface area contributed by atoms with E-state index in [-0.39, 0.29) is 30.5 Å². The van der Waals surface area contributed by atoms with Gasteiger partial charge < -0.3 is 30.1 Å². The Labute approximate surface area is 252 Å². The van der Waals surface area contributed by atoms with Gasteiger partial charge in [-0.05, 0) is 64.7 Å². The number of rotatable bonds is 4. The molecule has 1 aliphatic carbocycles. The molecule has 5 rings (SSSR count). The molecule has 5 atom stereocenters. The Hall–Kier alpha value is -3.74. The van der Waals surface area contributed by atoms with Gasteiger partial charge in [0.25, 0.3) is 5.19 Å². The molecule has 0 radical (unpaired) electrons. The minimum atomic E-state index is -1.44. The molecule has 3 aliphatic rings. The zero-order valence-electron chi connectivity index (χ0n) is 24.4. The van der Waals surface area contributed by atoms with Gasteiger partial charge in [0.2, 0.25) is 11.8 Å². The second kappa shape index (κ2) is 12.1. The van der Waals surface area contributed by atoms with E-state index >= 15 is 0 Å². The van der Waals surface area contributed by atoms with E-state index in [2.05, 4.69) is 15.6 Å². The third-order valence-electron chi connectivity index (χ3n) is 7.91. The van der Waals surface area contributed by atoms with Crippen LogP contribution in [-0.4, -0.2) is 74.7 Å². The van der Waals surface area contributed by atoms with Crippen LogP contribution in [0.25, 0.3) is 10.2 Å². The fourth-order valence-corrected chi connectivity index (χ4v) is 6.57. The minimum absolute atomic E-state index is 0.0110. The first-order valence-electron chi connectivity index (χ1n) is 14.6. The maximum Gasteiger partial charge on any atom is 0.408 e. The van der Waals surface area contributed by atoms with E-state index in [1.165, 1.54) is 17.0 Å². The first-order chi connectivity index (χ1) is 20.3. The Bertz CT molecular complexity index is 1440. The third kappa shape index (κ3) is 7.09. The summed E-state index contributed by atoms with van der Waals surface area (Å²) in [5, 5.41) is 15.7. The van der Waals surface area contributed by atoms with Crippen molar-refractivity contribution in [2.75, 3.05) is 6.54 Å². The highest BCUT2D eigenvalue weighted by molar-refractivity contribution is 7.20. The van der Waals surface area contributed by atoms with Gasteiger partial charge in [-0.2, -0.15) is 0 Å². The van der Waals surface area contributed by atoms with Crippen molar-refractivity contribution in [3.8, 4) is 5.19 Å². The predicted molar refractivity (Wildman–Crippen MR) is 156 cm³/mol. The zero-order chi connectivity index (χ0) is 30.9. The van der Waals surface area contributed by atoms with E-state index < -0.39 is 59.0 Å². The standard InChI is InChI=1S/C30H37FN4O7S/c1-29(2,3)42-27(40)32-21-10-8-6-4-5-7-9-17-15-30(17,26(38)39)34-24(36)22-14-19(16-35(22)25(21)37)41-28-33-20-12-11-18(31)13-23(20)43-28/h7,9,11-13,17,19,21-22H,4-6,8,10,14-16H2,1-3H3,(H,32,40)(H,34,36)(H,38,39)/t17-,19-,21+,22+,30-/m1/s1. The monoisotopic (exact) mass is 616 g/mol. The Morgan fingerprint density at radius 2 is 2.02 bits per heavy atom. The van der Waals surface area contributed by atoms with E-state index in [9.17, 15) is 28.7 Å². The number of carboxylic acids is 1. The van der Waals surface area contributed by atoms with Gasteiger partial charge >= 0.3 is 12.1 Å². The van der Waals surface area contributed by atoms with Gasteiger partial charge in [-0.15, -0.1) is 0 Å². The first-order valence-corrected chi connectivity index (χ1v) is 15.4. The van der Waals surface area contributed by atoms with E-state index in [0.717, 1.165) is 30.6 Å². The topological polar surface area (TPSA) is 147 Å². The quantitative estimate of drug-likeness (QED) is 0.434. The zero-order valence-corrected chi connectivity index (χ0v) is 25.2. The molecule has 1 aromatic heterocycles. The van der Waals surface area contributed by atoms with Crippen molar-refractivity contribution < 1.29 is 38.1 Å². The van der Waals surface area contributed by atoms with E-state index in [1.54, 1.807) is 26.8 Å².